The van der Waals surface area contributed by atoms with Crippen molar-refractivity contribution in [1.82, 2.24) is 0 Å². The Bertz CT molecular complexity index is 381. The summed E-state index contributed by atoms with van der Waals surface area (Å²) in [6.07, 6.45) is 5.04. The lowest BCUT2D eigenvalue weighted by Gasteiger charge is -2.27. The van der Waals surface area contributed by atoms with E-state index in [-0.39, 0.29) is 0 Å². The van der Waals surface area contributed by atoms with Gasteiger partial charge in [-0.2, -0.15) is 0 Å². The van der Waals surface area contributed by atoms with Gasteiger partial charge >= 0.3 is 0 Å². The molecule has 0 N–H and O–H groups in total. The van der Waals surface area contributed by atoms with Gasteiger partial charge < -0.3 is 13.9 Å². The Morgan fingerprint density at radius 3 is 2.39 bits per heavy atom. The van der Waals surface area contributed by atoms with Crippen molar-refractivity contribution in [2.75, 3.05) is 31.4 Å². The van der Waals surface area contributed by atoms with Crippen LogP contribution in [-0.4, -0.2) is 32.8 Å². The molecule has 0 saturated heterocycles. The molecule has 3 nitrogen and oxygen atoms in total. The average Bonchev–Trinajstić information content (AvgIpc) is 2.38. The molecule has 0 amide bonds. The molecule has 4 heteroatoms. The van der Waals surface area contributed by atoms with Gasteiger partial charge in [-0.25, -0.2) is 0 Å². The second kappa shape index (κ2) is 7.63. The molecule has 1 aromatic rings. The zero-order valence-electron chi connectivity index (χ0n) is 11.6. The monoisotopic (exact) mass is 269 g/mol. The first-order valence-corrected chi connectivity index (χ1v) is 8.64. The highest BCUT2D eigenvalue weighted by Crippen LogP contribution is 2.43. The van der Waals surface area contributed by atoms with Crippen LogP contribution in [0.25, 0.3) is 0 Å². The smallest absolute Gasteiger partial charge is 0.125 e. The molecule has 1 aromatic carbocycles. The van der Waals surface area contributed by atoms with E-state index in [9.17, 15) is 0 Å². The number of rotatable bonds is 8. The van der Waals surface area contributed by atoms with Crippen molar-refractivity contribution in [2.24, 2.45) is 0 Å². The normalized spacial score (nSPS) is 14.2. The molecule has 0 heterocycles. The number of hydrogen-bond acceptors (Lipinski definition) is 3. The first-order chi connectivity index (χ1) is 8.59. The largest absolute Gasteiger partial charge is 0.349 e. The van der Waals surface area contributed by atoms with Crippen molar-refractivity contribution in [2.45, 2.75) is 20.3 Å². The van der Waals surface area contributed by atoms with E-state index in [1.807, 2.05) is 24.9 Å². The second-order valence-electron chi connectivity index (χ2n) is 4.30. The fourth-order valence-corrected chi connectivity index (χ4v) is 2.53. The van der Waals surface area contributed by atoms with Gasteiger partial charge in [-0.1, -0.05) is 31.4 Å². The van der Waals surface area contributed by atoms with E-state index in [0.29, 0.717) is 13.3 Å². The number of nitrogens with zero attached hydrogens (tertiary/aromatic N) is 1. The summed E-state index contributed by atoms with van der Waals surface area (Å²) in [6, 6.07) is 10.2. The van der Waals surface area contributed by atoms with Crippen LogP contribution in [0.3, 0.4) is 0 Å². The van der Waals surface area contributed by atoms with Crippen LogP contribution < -0.4 is 4.90 Å². The zero-order chi connectivity index (χ0) is 13.4. The van der Waals surface area contributed by atoms with E-state index in [2.05, 4.69) is 37.2 Å². The van der Waals surface area contributed by atoms with E-state index < -0.39 is 7.34 Å². The van der Waals surface area contributed by atoms with Crippen LogP contribution in [0.1, 0.15) is 20.3 Å². The number of hydrogen-bond donors (Lipinski definition) is 0. The summed E-state index contributed by atoms with van der Waals surface area (Å²) in [4.78, 5) is 2.17. The molecule has 0 aliphatic heterocycles. The van der Waals surface area contributed by atoms with Crippen molar-refractivity contribution in [1.29, 1.82) is 0 Å². The Hall–Kier alpha value is -0.760. The third-order valence-corrected chi connectivity index (χ3v) is 3.95. The maximum Gasteiger partial charge on any atom is 0.125 e. The molecule has 1 rings (SSSR count). The van der Waals surface area contributed by atoms with Gasteiger partial charge in [0, 0.05) is 18.9 Å². The van der Waals surface area contributed by atoms with Gasteiger partial charge in [-0.3, -0.25) is 0 Å². The van der Waals surface area contributed by atoms with Crippen LogP contribution in [0, 0.1) is 0 Å². The minimum Gasteiger partial charge on any atom is -0.349 e. The topological polar surface area (TPSA) is 21.7 Å². The maximum absolute atomic E-state index is 5.84. The molecule has 1 atom stereocenters. The first-order valence-electron chi connectivity index (χ1n) is 6.39. The molecular weight excluding hydrogens is 245 g/mol. The molecule has 1 unspecified atom stereocenters. The lowest BCUT2D eigenvalue weighted by atomic mass is 10.3. The summed E-state index contributed by atoms with van der Waals surface area (Å²) in [6.45, 7) is 8.30. The third-order valence-electron chi connectivity index (χ3n) is 2.56. The van der Waals surface area contributed by atoms with Crippen molar-refractivity contribution < 1.29 is 9.05 Å². The summed E-state index contributed by atoms with van der Waals surface area (Å²) in [7, 11) is -1.94. The highest BCUT2D eigenvalue weighted by molar-refractivity contribution is 7.63. The summed E-state index contributed by atoms with van der Waals surface area (Å²) in [5.41, 5.74) is 1.16. The van der Waals surface area contributed by atoms with Crippen LogP contribution in [0.4, 0.5) is 5.69 Å². The van der Waals surface area contributed by atoms with E-state index in [4.69, 9.17) is 9.05 Å². The summed E-state index contributed by atoms with van der Waals surface area (Å²) < 4.78 is 11.5. The number of benzene rings is 1. The first kappa shape index (κ1) is 15.3. The minimum absolute atomic E-state index is 0.526. The zero-order valence-corrected chi connectivity index (χ0v) is 12.5. The van der Waals surface area contributed by atoms with Crippen LogP contribution in [-0.2, 0) is 9.05 Å². The molecule has 0 saturated carbocycles. The highest BCUT2D eigenvalue weighted by atomic mass is 31.2. The van der Waals surface area contributed by atoms with Gasteiger partial charge in [0.25, 0.3) is 0 Å². The van der Waals surface area contributed by atoms with Gasteiger partial charge in [0.1, 0.15) is 14.1 Å². The Kier molecular flexibility index (Phi) is 6.48. The third kappa shape index (κ3) is 5.26. The molecule has 0 fully saturated rings. The molecule has 0 aromatic heterocycles. The quantitative estimate of drug-likeness (QED) is 0.529. The van der Waals surface area contributed by atoms with Gasteiger partial charge in [-0.15, -0.1) is 0 Å². The van der Waals surface area contributed by atoms with Crippen LogP contribution in [0.5, 0.6) is 0 Å². The molecule has 0 aliphatic rings. The molecule has 0 bridgehead atoms. The Morgan fingerprint density at radius 1 is 1.17 bits per heavy atom. The second-order valence-corrected chi connectivity index (χ2v) is 6.84. The van der Waals surface area contributed by atoms with E-state index in [0.717, 1.165) is 18.7 Å². The fourth-order valence-electron chi connectivity index (χ4n) is 1.50. The predicted molar refractivity (Wildman–Crippen MR) is 81.6 cm³/mol. The number of anilines is 1. The van der Waals surface area contributed by atoms with Crippen LogP contribution in [0.15, 0.2) is 30.3 Å². The van der Waals surface area contributed by atoms with Crippen molar-refractivity contribution in [3.05, 3.63) is 30.3 Å². The van der Waals surface area contributed by atoms with E-state index >= 15 is 0 Å². The molecule has 18 heavy (non-hydrogen) atoms. The molecular formula is C14H24NO2P. The Labute approximate surface area is 111 Å². The summed E-state index contributed by atoms with van der Waals surface area (Å²) in [5, 5.41) is 0. The predicted octanol–water partition coefficient (Wildman–Crippen LogP) is 3.82. The summed E-state index contributed by atoms with van der Waals surface area (Å²) in [5.74, 6) is 0. The van der Waals surface area contributed by atoms with Gasteiger partial charge in [0.05, 0.1) is 6.61 Å². The number of para-hydroxylation sites is 1. The molecule has 0 radical (unpaired) electrons. The molecule has 0 spiro atoms. The van der Waals surface area contributed by atoms with Crippen molar-refractivity contribution >= 4 is 19.3 Å². The van der Waals surface area contributed by atoms with E-state index in [1.165, 1.54) is 0 Å². The molecule has 0 aliphatic carbocycles. The highest BCUT2D eigenvalue weighted by Gasteiger charge is 2.11. The maximum atomic E-state index is 5.84. The summed E-state index contributed by atoms with van der Waals surface area (Å²) >= 11 is 0. The minimum atomic E-state index is -1.94. The van der Waals surface area contributed by atoms with Gasteiger partial charge in [-0.05, 0) is 25.5 Å². The van der Waals surface area contributed by atoms with Gasteiger partial charge in [0.2, 0.25) is 0 Å². The van der Waals surface area contributed by atoms with Crippen molar-refractivity contribution in [3.8, 4) is 0 Å². The van der Waals surface area contributed by atoms with Crippen molar-refractivity contribution in [3.63, 3.8) is 0 Å². The average molecular weight is 269 g/mol. The lowest BCUT2D eigenvalue weighted by Crippen LogP contribution is -2.25. The Morgan fingerprint density at radius 2 is 1.83 bits per heavy atom. The SMILES string of the molecule is C=P(C)(OCCC)OCN(CC)c1ccccc1. The standard InChI is InChI=1S/C14H24NO2P/c1-5-12-16-18(3,4)17-13-15(6-2)14-10-8-7-9-11-14/h7-11H,3,5-6,12-13H2,1-2,4H3. The van der Waals surface area contributed by atoms with E-state index in [1.54, 1.807) is 0 Å². The van der Waals surface area contributed by atoms with Crippen LogP contribution >= 0.6 is 7.34 Å². The lowest BCUT2D eigenvalue weighted by molar-refractivity contribution is 0.249. The van der Waals surface area contributed by atoms with Gasteiger partial charge in [0.15, 0.2) is 0 Å². The fraction of sp³-hybridized carbons (Fsp3) is 0.500. The van der Waals surface area contributed by atoms with Crippen LogP contribution in [0.2, 0.25) is 0 Å². The Balaban J connectivity index is 2.52. The molecule has 102 valence electrons.